The Morgan fingerprint density at radius 1 is 1.28 bits per heavy atom. The van der Waals surface area contributed by atoms with Crippen molar-refractivity contribution in [1.29, 1.82) is 0 Å². The molecule has 1 aromatic rings. The first-order valence-corrected chi connectivity index (χ1v) is 6.73. The van der Waals surface area contributed by atoms with E-state index < -0.39 is 0 Å². The molecule has 0 aromatic carbocycles. The smallest absolute Gasteiger partial charge is 0.177 e. The van der Waals surface area contributed by atoms with Gasteiger partial charge in [0.1, 0.15) is 0 Å². The first-order valence-electron chi connectivity index (χ1n) is 6.32. The number of hydrogen-bond donors (Lipinski definition) is 1. The van der Waals surface area contributed by atoms with Gasteiger partial charge in [-0.25, -0.2) is 0 Å². The molecule has 1 N–H and O–H groups in total. The maximum absolute atomic E-state index is 5.46. The van der Waals surface area contributed by atoms with Crippen molar-refractivity contribution in [3.8, 4) is 0 Å². The lowest BCUT2D eigenvalue weighted by molar-refractivity contribution is 0.0678. The third-order valence-electron chi connectivity index (χ3n) is 2.74. The van der Waals surface area contributed by atoms with E-state index in [2.05, 4.69) is 30.3 Å². The summed E-state index contributed by atoms with van der Waals surface area (Å²) in [7, 11) is 1.68. The molecule has 0 atom stereocenters. The fourth-order valence-electron chi connectivity index (χ4n) is 1.81. The van der Waals surface area contributed by atoms with E-state index in [0.29, 0.717) is 13.2 Å². The molecule has 0 aliphatic carbocycles. The molecule has 104 valence electrons. The van der Waals surface area contributed by atoms with Crippen LogP contribution in [0.3, 0.4) is 0 Å². The van der Waals surface area contributed by atoms with Crippen LogP contribution < -0.4 is 0 Å². The highest BCUT2D eigenvalue weighted by Gasteiger charge is 2.18. The van der Waals surface area contributed by atoms with Crippen LogP contribution in [-0.2, 0) is 21.4 Å². The molecule has 1 rings (SSSR count). The minimum absolute atomic E-state index is 0.102. The molecule has 0 spiro atoms. The van der Waals surface area contributed by atoms with Crippen molar-refractivity contribution in [2.75, 3.05) is 26.9 Å². The molecule has 0 unspecified atom stereocenters. The van der Waals surface area contributed by atoms with E-state index in [4.69, 9.17) is 21.7 Å². The fraction of sp³-hybridized carbons (Fsp3) is 0.769. The molecule has 5 heteroatoms. The van der Waals surface area contributed by atoms with Crippen LogP contribution in [0.4, 0.5) is 0 Å². The van der Waals surface area contributed by atoms with Crippen molar-refractivity contribution >= 4 is 12.2 Å². The van der Waals surface area contributed by atoms with Crippen LogP contribution in [0.2, 0.25) is 0 Å². The second-order valence-corrected chi connectivity index (χ2v) is 5.73. The summed E-state index contributed by atoms with van der Waals surface area (Å²) in [4.78, 5) is 3.12. The maximum Gasteiger partial charge on any atom is 0.177 e. The fourth-order valence-corrected chi connectivity index (χ4v) is 2.06. The minimum atomic E-state index is 0.102. The predicted octanol–water partition coefficient (Wildman–Crippen LogP) is 2.90. The number of nitrogens with zero attached hydrogens (tertiary/aromatic N) is 1. The van der Waals surface area contributed by atoms with E-state index in [1.807, 2.05) is 6.20 Å². The van der Waals surface area contributed by atoms with Gasteiger partial charge in [0.2, 0.25) is 0 Å². The lowest BCUT2D eigenvalue weighted by Gasteiger charge is -2.20. The van der Waals surface area contributed by atoms with Gasteiger partial charge in [-0.2, -0.15) is 0 Å². The van der Waals surface area contributed by atoms with Gasteiger partial charge in [0.25, 0.3) is 0 Å². The molecule has 0 saturated carbocycles. The number of aromatic amines is 1. The lowest BCUT2D eigenvalue weighted by Crippen LogP contribution is -2.18. The molecule has 1 aromatic heterocycles. The summed E-state index contributed by atoms with van der Waals surface area (Å²) in [6, 6.07) is 0. The summed E-state index contributed by atoms with van der Waals surface area (Å²) in [6.45, 7) is 9.50. The average molecular weight is 272 g/mol. The summed E-state index contributed by atoms with van der Waals surface area (Å²) in [5.41, 5.74) is 1.34. The summed E-state index contributed by atoms with van der Waals surface area (Å²) in [5, 5.41) is 0. The molecular weight excluding hydrogens is 248 g/mol. The Bertz CT molecular complexity index is 404. The minimum Gasteiger partial charge on any atom is -0.382 e. The van der Waals surface area contributed by atoms with Crippen LogP contribution in [0.5, 0.6) is 0 Å². The number of H-pyrrole nitrogens is 1. The Balaban J connectivity index is 2.47. The zero-order valence-corrected chi connectivity index (χ0v) is 12.6. The van der Waals surface area contributed by atoms with E-state index >= 15 is 0 Å². The van der Waals surface area contributed by atoms with Crippen LogP contribution in [0.25, 0.3) is 0 Å². The normalized spacial score (nSPS) is 12.0. The topological polar surface area (TPSA) is 39.2 Å². The standard InChI is InChI=1S/C13H24N2O2S/c1-13(2,3)11-10-14-12(18)15(11)6-5-7-17-9-8-16-4/h10H,5-9H2,1-4H3,(H,14,18). The molecule has 0 radical (unpaired) electrons. The van der Waals surface area contributed by atoms with Crippen LogP contribution in [0, 0.1) is 4.77 Å². The zero-order valence-electron chi connectivity index (χ0n) is 11.8. The number of methoxy groups -OCH3 is 1. The summed E-state index contributed by atoms with van der Waals surface area (Å²) in [5.74, 6) is 0. The first-order chi connectivity index (χ1) is 8.46. The Morgan fingerprint density at radius 3 is 2.61 bits per heavy atom. The Labute approximate surface area is 114 Å². The number of nitrogens with one attached hydrogen (secondary N) is 1. The predicted molar refractivity (Wildman–Crippen MR) is 75.6 cm³/mol. The highest BCUT2D eigenvalue weighted by molar-refractivity contribution is 7.71. The molecule has 0 fully saturated rings. The van der Waals surface area contributed by atoms with E-state index in [1.165, 1.54) is 5.69 Å². The van der Waals surface area contributed by atoms with Gasteiger partial charge in [0, 0.05) is 37.6 Å². The third kappa shape index (κ3) is 4.55. The van der Waals surface area contributed by atoms with E-state index in [1.54, 1.807) is 7.11 Å². The van der Waals surface area contributed by atoms with Crippen molar-refractivity contribution in [3.63, 3.8) is 0 Å². The Morgan fingerprint density at radius 2 is 2.00 bits per heavy atom. The first kappa shape index (κ1) is 15.4. The summed E-state index contributed by atoms with van der Waals surface area (Å²) in [6.07, 6.45) is 2.97. The molecule has 18 heavy (non-hydrogen) atoms. The number of rotatable bonds is 7. The van der Waals surface area contributed by atoms with E-state index in [0.717, 1.165) is 24.3 Å². The van der Waals surface area contributed by atoms with Crippen molar-refractivity contribution in [1.82, 2.24) is 9.55 Å². The average Bonchev–Trinajstić information content (AvgIpc) is 2.65. The van der Waals surface area contributed by atoms with Gasteiger partial charge in [-0.3, -0.25) is 0 Å². The monoisotopic (exact) mass is 272 g/mol. The largest absolute Gasteiger partial charge is 0.382 e. The third-order valence-corrected chi connectivity index (χ3v) is 3.08. The number of imidazole rings is 1. The van der Waals surface area contributed by atoms with E-state index in [9.17, 15) is 0 Å². The number of hydrogen-bond acceptors (Lipinski definition) is 3. The van der Waals surface area contributed by atoms with E-state index in [-0.39, 0.29) is 5.41 Å². The van der Waals surface area contributed by atoms with Gasteiger partial charge in [0.05, 0.1) is 13.2 Å². The van der Waals surface area contributed by atoms with Crippen LogP contribution >= 0.6 is 12.2 Å². The summed E-state index contributed by atoms with van der Waals surface area (Å²) >= 11 is 5.31. The van der Waals surface area contributed by atoms with Crippen molar-refractivity contribution in [2.45, 2.75) is 39.2 Å². The lowest BCUT2D eigenvalue weighted by atomic mass is 9.92. The van der Waals surface area contributed by atoms with Gasteiger partial charge in [-0.15, -0.1) is 0 Å². The molecule has 0 amide bonds. The molecule has 0 bridgehead atoms. The second-order valence-electron chi connectivity index (χ2n) is 5.34. The van der Waals surface area contributed by atoms with Crippen molar-refractivity contribution in [3.05, 3.63) is 16.7 Å². The van der Waals surface area contributed by atoms with Gasteiger partial charge in [0.15, 0.2) is 4.77 Å². The second kappa shape index (κ2) is 7.07. The van der Waals surface area contributed by atoms with Crippen molar-refractivity contribution in [2.24, 2.45) is 0 Å². The SMILES string of the molecule is COCCOCCCn1c(C(C)(C)C)c[nH]c1=S. The highest BCUT2D eigenvalue weighted by Crippen LogP contribution is 2.22. The van der Waals surface area contributed by atoms with Crippen molar-refractivity contribution < 1.29 is 9.47 Å². The molecule has 0 aliphatic heterocycles. The van der Waals surface area contributed by atoms with Gasteiger partial charge >= 0.3 is 0 Å². The number of aromatic nitrogens is 2. The Hall–Kier alpha value is -0.650. The highest BCUT2D eigenvalue weighted by atomic mass is 32.1. The number of ether oxygens (including phenoxy) is 2. The van der Waals surface area contributed by atoms with Crippen LogP contribution in [0.1, 0.15) is 32.9 Å². The summed E-state index contributed by atoms with van der Waals surface area (Å²) < 4.78 is 13.3. The maximum atomic E-state index is 5.46. The van der Waals surface area contributed by atoms with Gasteiger partial charge in [-0.1, -0.05) is 20.8 Å². The molecular formula is C13H24N2O2S. The van der Waals surface area contributed by atoms with Crippen LogP contribution in [0.15, 0.2) is 6.20 Å². The zero-order chi connectivity index (χ0) is 13.6. The van der Waals surface area contributed by atoms with Gasteiger partial charge < -0.3 is 19.0 Å². The quantitative estimate of drug-likeness (QED) is 0.613. The Kier molecular flexibility index (Phi) is 6.05. The molecule has 4 nitrogen and oxygen atoms in total. The molecule has 1 heterocycles. The molecule has 0 aliphatic rings. The molecule has 0 saturated heterocycles. The van der Waals surface area contributed by atoms with Crippen LogP contribution in [-0.4, -0.2) is 36.5 Å². The van der Waals surface area contributed by atoms with Gasteiger partial charge in [-0.05, 0) is 18.6 Å².